The molecule has 0 bridgehead atoms. The Hall–Kier alpha value is -1.09. The number of esters is 2. The van der Waals surface area contributed by atoms with E-state index in [1.807, 2.05) is 0 Å². The number of aryl methyl sites for hydroxylation is 1. The third-order valence-corrected chi connectivity index (χ3v) is 3.93. The quantitative estimate of drug-likeness (QED) is 0.193. The van der Waals surface area contributed by atoms with E-state index in [0.29, 0.717) is 10.5 Å². The molecule has 0 atom stereocenters. The number of carbonyl (C=O) groups excluding carboxylic acids is 2. The van der Waals surface area contributed by atoms with Crippen LogP contribution >= 0.6 is 51.9 Å². The van der Waals surface area contributed by atoms with Crippen LogP contribution in [0.15, 0.2) is 28.6 Å². The molecule has 2 heterocycles. The van der Waals surface area contributed by atoms with Gasteiger partial charge in [0.2, 0.25) is 0 Å². The number of ether oxygens (including phenoxy) is 2. The first-order valence-electron chi connectivity index (χ1n) is 7.59. The van der Waals surface area contributed by atoms with Crippen LogP contribution in [-0.4, -0.2) is 68.3 Å². The topological polar surface area (TPSA) is 115 Å². The second-order valence-electron chi connectivity index (χ2n) is 4.67. The zero-order chi connectivity index (χ0) is 23.7. The maximum absolute atomic E-state index is 11.2. The molecule has 0 aromatic carbocycles. The van der Waals surface area contributed by atoms with E-state index in [1.54, 1.807) is 47.3 Å². The minimum absolute atomic E-state index is 0. The van der Waals surface area contributed by atoms with Crippen molar-refractivity contribution in [2.45, 2.75) is 12.3 Å². The molecular formula is C16H17AlB2BrCl2N4O4S. The minimum atomic E-state index is -0.475. The molecule has 0 aliphatic rings. The number of alkyl halides is 1. The van der Waals surface area contributed by atoms with E-state index < -0.39 is 11.9 Å². The molecule has 0 fully saturated rings. The number of rotatable bonds is 3. The summed E-state index contributed by atoms with van der Waals surface area (Å²) in [5, 5.41) is 1.12. The standard InChI is InChI=1S/C8H7BrClNO2.C8H8ClNO2.Al.BHNS.B.HN/c1-13-8(12)7-5(4-9)2-3-6(10)11-7;1-5-3-4-6(9)10-7(5)8(11)12-2;;1-2-3;;/h2-3H,4H2,1H3;3-4H,1-2H3;;3H;;1H. The van der Waals surface area contributed by atoms with Gasteiger partial charge in [-0.15, -0.1) is 0 Å². The number of thiol groups is 1. The molecule has 0 amide bonds. The van der Waals surface area contributed by atoms with Gasteiger partial charge in [-0.1, -0.05) is 51.3 Å². The van der Waals surface area contributed by atoms with E-state index >= 15 is 0 Å². The molecule has 0 spiro atoms. The van der Waals surface area contributed by atoms with Crippen molar-refractivity contribution in [2.75, 3.05) is 14.2 Å². The SMILES string of the molecule is COC(=O)c1nc(Cl)ccc1C.COC(=O)c1nc(Cl)ccc1CBr.[B].[B]=NS.[NH]=[Al]. The number of pyridine rings is 2. The average molecular weight is 561 g/mol. The third kappa shape index (κ3) is 13.8. The third-order valence-electron chi connectivity index (χ3n) is 2.91. The molecule has 8 nitrogen and oxygen atoms in total. The summed E-state index contributed by atoms with van der Waals surface area (Å²) in [6, 6.07) is 6.71. The number of methoxy groups -OCH3 is 2. The molecule has 0 unspecified atom stereocenters. The van der Waals surface area contributed by atoms with Gasteiger partial charge in [0, 0.05) is 13.7 Å². The van der Waals surface area contributed by atoms with Crippen LogP contribution in [0.2, 0.25) is 10.3 Å². The summed E-state index contributed by atoms with van der Waals surface area (Å²) < 4.78 is 17.4. The van der Waals surface area contributed by atoms with E-state index in [1.165, 1.54) is 14.2 Å². The van der Waals surface area contributed by atoms with Gasteiger partial charge < -0.3 is 9.47 Å². The molecule has 0 saturated carbocycles. The van der Waals surface area contributed by atoms with E-state index in [-0.39, 0.29) is 25.0 Å². The van der Waals surface area contributed by atoms with Crippen molar-refractivity contribution < 1.29 is 19.1 Å². The molecular weight excluding hydrogens is 544 g/mol. The van der Waals surface area contributed by atoms with Gasteiger partial charge >= 0.3 is 57.1 Å². The Balaban J connectivity index is -0.000000409. The molecule has 15 heteroatoms. The molecule has 31 heavy (non-hydrogen) atoms. The van der Waals surface area contributed by atoms with Crippen LogP contribution in [0.5, 0.6) is 0 Å². The fraction of sp³-hybridized carbons (Fsp3) is 0.250. The van der Waals surface area contributed by atoms with Crippen LogP contribution in [0.3, 0.4) is 0 Å². The summed E-state index contributed by atoms with van der Waals surface area (Å²) in [7, 11) is 6.95. The van der Waals surface area contributed by atoms with Gasteiger partial charge in [0.25, 0.3) is 0 Å². The van der Waals surface area contributed by atoms with Gasteiger partial charge in [0.15, 0.2) is 11.4 Å². The van der Waals surface area contributed by atoms with Crippen molar-refractivity contribution in [3.63, 3.8) is 0 Å². The molecule has 161 valence electrons. The van der Waals surface area contributed by atoms with Crippen molar-refractivity contribution in [1.29, 1.82) is 4.35 Å². The molecule has 0 aliphatic heterocycles. The Kier molecular flexibility index (Phi) is 23.2. The summed E-state index contributed by atoms with van der Waals surface area (Å²) >= 11 is 19.3. The van der Waals surface area contributed by atoms with Crippen LogP contribution < -0.4 is 0 Å². The second-order valence-corrected chi connectivity index (χ2v) is 6.24. The molecule has 2 aromatic rings. The van der Waals surface area contributed by atoms with Crippen LogP contribution in [0.4, 0.5) is 0 Å². The number of nitrogens with one attached hydrogen (secondary N) is 1. The second kappa shape index (κ2) is 20.8. The van der Waals surface area contributed by atoms with Gasteiger partial charge in [0.1, 0.15) is 10.3 Å². The molecule has 5 radical (unpaired) electrons. The van der Waals surface area contributed by atoms with Crippen molar-refractivity contribution in [3.8, 4) is 0 Å². The van der Waals surface area contributed by atoms with Gasteiger partial charge in [-0.05, 0) is 30.2 Å². The fourth-order valence-electron chi connectivity index (χ4n) is 1.65. The molecule has 0 aliphatic carbocycles. The van der Waals surface area contributed by atoms with Gasteiger partial charge in [-0.3, -0.25) is 0 Å². The summed E-state index contributed by atoms with van der Waals surface area (Å²) in [5.41, 5.74) is 2.04. The van der Waals surface area contributed by atoms with Gasteiger partial charge in [-0.2, -0.15) is 0 Å². The number of hydrogen-bond donors (Lipinski definition) is 2. The normalized spacial score (nSPS) is 8.29. The predicted molar refractivity (Wildman–Crippen MR) is 130 cm³/mol. The first-order valence-corrected chi connectivity index (χ1v) is 10.4. The predicted octanol–water partition coefficient (Wildman–Crippen LogP) is 3.97. The van der Waals surface area contributed by atoms with Crippen LogP contribution in [0, 0.1) is 11.3 Å². The maximum atomic E-state index is 11.2. The first-order chi connectivity index (χ1) is 14.2. The molecule has 1 N–H and O–H groups in total. The Bertz CT molecular complexity index is 859. The summed E-state index contributed by atoms with van der Waals surface area (Å²) in [6.45, 7) is 1.77. The zero-order valence-electron chi connectivity index (χ0n) is 16.8. The Morgan fingerprint density at radius 1 is 1.10 bits per heavy atom. The van der Waals surface area contributed by atoms with E-state index in [4.69, 9.17) is 27.5 Å². The fourth-order valence-corrected chi connectivity index (χ4v) is 2.40. The molecule has 2 aromatic heterocycles. The van der Waals surface area contributed by atoms with E-state index in [9.17, 15) is 9.59 Å². The van der Waals surface area contributed by atoms with Crippen molar-refractivity contribution in [3.05, 3.63) is 57.1 Å². The van der Waals surface area contributed by atoms with Crippen molar-refractivity contribution in [1.82, 2.24) is 9.97 Å². The van der Waals surface area contributed by atoms with E-state index in [2.05, 4.69) is 60.1 Å². The number of hydrogen-bond acceptors (Lipinski definition) is 9. The Labute approximate surface area is 216 Å². The summed E-state index contributed by atoms with van der Waals surface area (Å²) in [6.07, 6.45) is 0. The number of nitrogens with zero attached hydrogens (tertiary/aromatic N) is 3. The monoisotopic (exact) mass is 559 g/mol. The number of carbonyl (C=O) groups is 2. The van der Waals surface area contributed by atoms with Crippen LogP contribution in [0.1, 0.15) is 32.1 Å². The Morgan fingerprint density at radius 3 is 1.90 bits per heavy atom. The summed E-state index contributed by atoms with van der Waals surface area (Å²) in [5.74, 6) is -0.938. The van der Waals surface area contributed by atoms with Crippen LogP contribution in [-0.2, 0) is 14.8 Å². The summed E-state index contributed by atoms with van der Waals surface area (Å²) in [4.78, 5) is 29.9. The molecule has 2 rings (SSSR count). The van der Waals surface area contributed by atoms with Gasteiger partial charge in [0.05, 0.1) is 14.2 Å². The van der Waals surface area contributed by atoms with E-state index in [0.717, 1.165) is 11.1 Å². The van der Waals surface area contributed by atoms with Crippen molar-refractivity contribution >= 4 is 96.0 Å². The zero-order valence-corrected chi connectivity index (χ0v) is 22.0. The van der Waals surface area contributed by atoms with Gasteiger partial charge in [-0.25, -0.2) is 19.6 Å². The first kappa shape index (κ1) is 34.5. The number of halogens is 3. The van der Waals surface area contributed by atoms with Crippen LogP contribution in [0.25, 0.3) is 0 Å². The number of aromatic nitrogens is 2. The average Bonchev–Trinajstić information content (AvgIpc) is 2.76. The van der Waals surface area contributed by atoms with Crippen molar-refractivity contribution in [2.24, 2.45) is 4.30 Å². The molecule has 0 saturated heterocycles. The Morgan fingerprint density at radius 2 is 1.48 bits per heavy atom.